The molecule has 1 aliphatic rings. The molecule has 0 spiro atoms. The van der Waals surface area contributed by atoms with Gasteiger partial charge in [-0.25, -0.2) is 4.98 Å². The average Bonchev–Trinajstić information content (AvgIpc) is 2.95. The summed E-state index contributed by atoms with van der Waals surface area (Å²) >= 11 is 0. The van der Waals surface area contributed by atoms with Crippen LogP contribution >= 0.6 is 0 Å². The van der Waals surface area contributed by atoms with Gasteiger partial charge in [0, 0.05) is 17.3 Å². The van der Waals surface area contributed by atoms with E-state index in [9.17, 15) is 0 Å². The van der Waals surface area contributed by atoms with Crippen molar-refractivity contribution >= 4 is 5.69 Å². The molecule has 112 valence electrons. The summed E-state index contributed by atoms with van der Waals surface area (Å²) in [6, 6.07) is 9.04. The van der Waals surface area contributed by atoms with E-state index < -0.39 is 0 Å². The Morgan fingerprint density at radius 1 is 1.29 bits per heavy atom. The number of benzene rings is 1. The van der Waals surface area contributed by atoms with Crippen molar-refractivity contribution in [3.63, 3.8) is 0 Å². The molecule has 21 heavy (non-hydrogen) atoms. The summed E-state index contributed by atoms with van der Waals surface area (Å²) in [6.45, 7) is 4.23. The molecule has 1 aliphatic carbocycles. The molecule has 1 saturated carbocycles. The molecule has 0 radical (unpaired) electrons. The van der Waals surface area contributed by atoms with Crippen molar-refractivity contribution in [2.24, 2.45) is 5.92 Å². The lowest BCUT2D eigenvalue weighted by Gasteiger charge is -2.32. The molecule has 0 amide bonds. The van der Waals surface area contributed by atoms with Crippen molar-refractivity contribution in [2.75, 3.05) is 5.32 Å². The Hall–Kier alpha value is -1.84. The minimum Gasteiger partial charge on any atom is -0.382 e. The minimum absolute atomic E-state index is 0.605. The second-order valence-corrected chi connectivity index (χ2v) is 6.03. The van der Waals surface area contributed by atoms with Gasteiger partial charge in [0.2, 0.25) is 0 Å². The van der Waals surface area contributed by atoms with Crippen molar-refractivity contribution in [2.45, 2.75) is 52.0 Å². The SMILES string of the molecule is CCC1CCCCC1Nc1cccc(-c2n[nH]c(C)n2)c1. The third kappa shape index (κ3) is 3.26. The first kappa shape index (κ1) is 14.1. The number of anilines is 1. The Balaban J connectivity index is 1.76. The van der Waals surface area contributed by atoms with Crippen LogP contribution in [0.5, 0.6) is 0 Å². The highest BCUT2D eigenvalue weighted by atomic mass is 15.2. The van der Waals surface area contributed by atoms with Crippen LogP contribution in [0.15, 0.2) is 24.3 Å². The molecule has 1 aromatic heterocycles. The number of nitrogens with one attached hydrogen (secondary N) is 2. The van der Waals surface area contributed by atoms with Gasteiger partial charge in [0.1, 0.15) is 5.82 Å². The Kier molecular flexibility index (Phi) is 4.23. The number of H-pyrrole nitrogens is 1. The van der Waals surface area contributed by atoms with E-state index in [2.05, 4.69) is 51.7 Å². The summed E-state index contributed by atoms with van der Waals surface area (Å²) in [5, 5.41) is 10.9. The summed E-state index contributed by atoms with van der Waals surface area (Å²) in [5.74, 6) is 2.42. The van der Waals surface area contributed by atoms with Crippen LogP contribution in [0.1, 0.15) is 44.9 Å². The number of hydrogen-bond acceptors (Lipinski definition) is 3. The number of aryl methyl sites for hydroxylation is 1. The number of hydrogen-bond donors (Lipinski definition) is 2. The molecule has 0 aliphatic heterocycles. The molecule has 2 N–H and O–H groups in total. The standard InChI is InChI=1S/C17H24N4/c1-3-13-7-4-5-10-16(13)19-15-9-6-8-14(11-15)17-18-12(2)20-21-17/h6,8-9,11,13,16,19H,3-5,7,10H2,1-2H3,(H,18,20,21). The largest absolute Gasteiger partial charge is 0.382 e. The van der Waals surface area contributed by atoms with E-state index in [-0.39, 0.29) is 0 Å². The van der Waals surface area contributed by atoms with Crippen LogP contribution in [0.2, 0.25) is 0 Å². The summed E-state index contributed by atoms with van der Waals surface area (Å²) in [6.07, 6.45) is 6.62. The van der Waals surface area contributed by atoms with Crippen molar-refractivity contribution in [3.05, 3.63) is 30.1 Å². The molecular formula is C17H24N4. The third-order valence-electron chi connectivity index (χ3n) is 4.50. The van der Waals surface area contributed by atoms with Crippen LogP contribution in [0.4, 0.5) is 5.69 Å². The molecule has 3 rings (SSSR count). The van der Waals surface area contributed by atoms with E-state index in [4.69, 9.17) is 0 Å². The summed E-state index contributed by atoms with van der Waals surface area (Å²) in [5.41, 5.74) is 2.24. The molecular weight excluding hydrogens is 260 g/mol. The molecule has 2 unspecified atom stereocenters. The maximum absolute atomic E-state index is 4.41. The second-order valence-electron chi connectivity index (χ2n) is 6.03. The summed E-state index contributed by atoms with van der Waals surface area (Å²) in [7, 11) is 0. The number of aromatic nitrogens is 3. The molecule has 2 aromatic rings. The monoisotopic (exact) mass is 284 g/mol. The summed E-state index contributed by atoms with van der Waals surface area (Å²) < 4.78 is 0. The van der Waals surface area contributed by atoms with Crippen molar-refractivity contribution in [1.29, 1.82) is 0 Å². The number of aromatic amines is 1. The van der Waals surface area contributed by atoms with Crippen LogP contribution in [0.3, 0.4) is 0 Å². The number of rotatable bonds is 4. The van der Waals surface area contributed by atoms with Crippen LogP contribution in [-0.4, -0.2) is 21.2 Å². The molecule has 1 heterocycles. The quantitative estimate of drug-likeness (QED) is 0.886. The van der Waals surface area contributed by atoms with Crippen molar-refractivity contribution < 1.29 is 0 Å². The first-order chi connectivity index (χ1) is 10.3. The van der Waals surface area contributed by atoms with Gasteiger partial charge in [-0.2, -0.15) is 5.10 Å². The van der Waals surface area contributed by atoms with Gasteiger partial charge < -0.3 is 5.32 Å². The van der Waals surface area contributed by atoms with E-state index in [0.29, 0.717) is 6.04 Å². The van der Waals surface area contributed by atoms with Gasteiger partial charge in [-0.1, -0.05) is 38.3 Å². The Labute approximate surface area is 126 Å². The van der Waals surface area contributed by atoms with Crippen molar-refractivity contribution in [1.82, 2.24) is 15.2 Å². The van der Waals surface area contributed by atoms with Crippen LogP contribution in [0.25, 0.3) is 11.4 Å². The molecule has 1 aromatic carbocycles. The fourth-order valence-electron chi connectivity index (χ4n) is 3.32. The number of nitrogens with zero attached hydrogens (tertiary/aromatic N) is 2. The zero-order chi connectivity index (χ0) is 14.7. The zero-order valence-electron chi connectivity index (χ0n) is 12.9. The Morgan fingerprint density at radius 2 is 2.14 bits per heavy atom. The molecule has 4 nitrogen and oxygen atoms in total. The van der Waals surface area contributed by atoms with E-state index >= 15 is 0 Å². The molecule has 0 saturated heterocycles. The predicted octanol–water partition coefficient (Wildman–Crippen LogP) is 4.16. The summed E-state index contributed by atoms with van der Waals surface area (Å²) in [4.78, 5) is 4.41. The maximum atomic E-state index is 4.41. The highest BCUT2D eigenvalue weighted by molar-refractivity contribution is 5.62. The molecule has 2 atom stereocenters. The lowest BCUT2D eigenvalue weighted by molar-refractivity contribution is 0.317. The smallest absolute Gasteiger partial charge is 0.181 e. The fourth-order valence-corrected chi connectivity index (χ4v) is 3.32. The zero-order valence-corrected chi connectivity index (χ0v) is 12.9. The molecule has 1 fully saturated rings. The fraction of sp³-hybridized carbons (Fsp3) is 0.529. The van der Waals surface area contributed by atoms with E-state index in [1.807, 2.05) is 6.92 Å². The normalized spacial score (nSPS) is 22.2. The van der Waals surface area contributed by atoms with Crippen LogP contribution in [0, 0.1) is 12.8 Å². The Morgan fingerprint density at radius 3 is 2.90 bits per heavy atom. The molecule has 4 heteroatoms. The van der Waals surface area contributed by atoms with Gasteiger partial charge in [-0.3, -0.25) is 5.10 Å². The third-order valence-corrected chi connectivity index (χ3v) is 4.50. The molecule has 0 bridgehead atoms. The van der Waals surface area contributed by atoms with Gasteiger partial charge in [0.05, 0.1) is 0 Å². The lowest BCUT2D eigenvalue weighted by atomic mass is 9.83. The lowest BCUT2D eigenvalue weighted by Crippen LogP contribution is -2.31. The van der Waals surface area contributed by atoms with E-state index in [1.165, 1.54) is 37.8 Å². The first-order valence-corrected chi connectivity index (χ1v) is 8.02. The van der Waals surface area contributed by atoms with Gasteiger partial charge in [-0.15, -0.1) is 0 Å². The van der Waals surface area contributed by atoms with Gasteiger partial charge in [-0.05, 0) is 37.8 Å². The van der Waals surface area contributed by atoms with E-state index in [0.717, 1.165) is 23.1 Å². The van der Waals surface area contributed by atoms with Crippen molar-refractivity contribution in [3.8, 4) is 11.4 Å². The predicted molar refractivity (Wildman–Crippen MR) is 86.2 cm³/mol. The first-order valence-electron chi connectivity index (χ1n) is 8.02. The van der Waals surface area contributed by atoms with Gasteiger partial charge >= 0.3 is 0 Å². The van der Waals surface area contributed by atoms with Crippen LogP contribution in [-0.2, 0) is 0 Å². The van der Waals surface area contributed by atoms with E-state index in [1.54, 1.807) is 0 Å². The topological polar surface area (TPSA) is 53.6 Å². The van der Waals surface area contributed by atoms with Gasteiger partial charge in [0.15, 0.2) is 5.82 Å². The average molecular weight is 284 g/mol. The van der Waals surface area contributed by atoms with Crippen LogP contribution < -0.4 is 5.32 Å². The Bertz CT molecular complexity index is 590. The van der Waals surface area contributed by atoms with Gasteiger partial charge in [0.25, 0.3) is 0 Å². The highest BCUT2D eigenvalue weighted by Gasteiger charge is 2.23. The second kappa shape index (κ2) is 6.29. The highest BCUT2D eigenvalue weighted by Crippen LogP contribution is 2.30. The minimum atomic E-state index is 0.605. The maximum Gasteiger partial charge on any atom is 0.181 e.